The second-order valence-electron chi connectivity index (χ2n) is 5.77. The molecular formula is C18H21FN2O2. The molecule has 5 heteroatoms. The van der Waals surface area contributed by atoms with E-state index in [1.807, 2.05) is 32.0 Å². The van der Waals surface area contributed by atoms with Crippen molar-refractivity contribution in [3.05, 3.63) is 65.0 Å². The van der Waals surface area contributed by atoms with Crippen LogP contribution in [-0.4, -0.2) is 36.6 Å². The lowest BCUT2D eigenvalue weighted by atomic mass is 10.1. The van der Waals surface area contributed by atoms with Crippen molar-refractivity contribution >= 4 is 5.91 Å². The Hall–Kier alpha value is -2.40. The maximum Gasteiger partial charge on any atom is 0.255 e. The van der Waals surface area contributed by atoms with Crippen LogP contribution in [0.1, 0.15) is 27.5 Å². The molecule has 0 fully saturated rings. The standard InChI is InChI=1S/C18H21FN2O2/c1-12-7-8-17(22)15(9-12)18(23)20-11-16(21(2)3)13-5-4-6-14(19)10-13/h4-10,16,22H,11H2,1-3H3,(H,20,23)/t16-/m0/s1. The summed E-state index contributed by atoms with van der Waals surface area (Å²) in [5.74, 6) is -0.716. The zero-order chi connectivity index (χ0) is 17.0. The van der Waals surface area contributed by atoms with Gasteiger partial charge in [0, 0.05) is 6.54 Å². The molecule has 1 atom stereocenters. The number of benzene rings is 2. The zero-order valence-electron chi connectivity index (χ0n) is 13.5. The number of carbonyl (C=O) groups excluding carboxylic acids is 1. The molecule has 2 aromatic rings. The van der Waals surface area contributed by atoms with Gasteiger partial charge < -0.3 is 15.3 Å². The van der Waals surface area contributed by atoms with Crippen LogP contribution < -0.4 is 5.32 Å². The topological polar surface area (TPSA) is 52.6 Å². The molecule has 0 saturated heterocycles. The smallest absolute Gasteiger partial charge is 0.255 e. The molecule has 1 amide bonds. The Bertz CT molecular complexity index is 701. The molecule has 0 aliphatic rings. The molecule has 0 bridgehead atoms. The first-order chi connectivity index (χ1) is 10.9. The zero-order valence-corrected chi connectivity index (χ0v) is 13.5. The molecule has 0 aromatic heterocycles. The van der Waals surface area contributed by atoms with E-state index in [0.717, 1.165) is 11.1 Å². The van der Waals surface area contributed by atoms with Gasteiger partial charge in [-0.05, 0) is 50.8 Å². The van der Waals surface area contributed by atoms with E-state index in [2.05, 4.69) is 5.32 Å². The van der Waals surface area contributed by atoms with Gasteiger partial charge in [-0.2, -0.15) is 0 Å². The highest BCUT2D eigenvalue weighted by Gasteiger charge is 2.18. The SMILES string of the molecule is Cc1ccc(O)c(C(=O)NC[C@@H](c2cccc(F)c2)N(C)C)c1. The van der Waals surface area contributed by atoms with Crippen LogP contribution in [0.25, 0.3) is 0 Å². The minimum Gasteiger partial charge on any atom is -0.507 e. The summed E-state index contributed by atoms with van der Waals surface area (Å²) in [5, 5.41) is 12.6. The van der Waals surface area contributed by atoms with Crippen molar-refractivity contribution in [1.29, 1.82) is 0 Å². The third-order valence-corrected chi connectivity index (χ3v) is 3.71. The molecule has 0 spiro atoms. The van der Waals surface area contributed by atoms with Crippen molar-refractivity contribution < 1.29 is 14.3 Å². The van der Waals surface area contributed by atoms with Gasteiger partial charge in [0.25, 0.3) is 5.91 Å². The van der Waals surface area contributed by atoms with E-state index in [9.17, 15) is 14.3 Å². The number of nitrogens with zero attached hydrogens (tertiary/aromatic N) is 1. The molecular weight excluding hydrogens is 295 g/mol. The molecule has 2 rings (SSSR count). The van der Waals surface area contributed by atoms with E-state index in [-0.39, 0.29) is 29.1 Å². The van der Waals surface area contributed by atoms with Crippen molar-refractivity contribution in [3.8, 4) is 5.75 Å². The number of halogens is 1. The maximum absolute atomic E-state index is 13.4. The fourth-order valence-electron chi connectivity index (χ4n) is 2.43. The molecule has 0 aliphatic carbocycles. The van der Waals surface area contributed by atoms with Gasteiger partial charge in [0.05, 0.1) is 11.6 Å². The molecule has 4 nitrogen and oxygen atoms in total. The van der Waals surface area contributed by atoms with Gasteiger partial charge in [-0.15, -0.1) is 0 Å². The predicted octanol–water partition coefficient (Wildman–Crippen LogP) is 2.87. The molecule has 2 aromatic carbocycles. The molecule has 2 N–H and O–H groups in total. The van der Waals surface area contributed by atoms with Crippen molar-refractivity contribution in [1.82, 2.24) is 10.2 Å². The Labute approximate surface area is 135 Å². The number of hydrogen-bond acceptors (Lipinski definition) is 3. The van der Waals surface area contributed by atoms with Crippen LogP contribution in [0.3, 0.4) is 0 Å². The quantitative estimate of drug-likeness (QED) is 0.892. The van der Waals surface area contributed by atoms with Crippen LogP contribution in [0.15, 0.2) is 42.5 Å². The average Bonchev–Trinajstić information content (AvgIpc) is 2.49. The third kappa shape index (κ3) is 4.29. The van der Waals surface area contributed by atoms with E-state index in [4.69, 9.17) is 0 Å². The fourth-order valence-corrected chi connectivity index (χ4v) is 2.43. The van der Waals surface area contributed by atoms with E-state index < -0.39 is 0 Å². The molecule has 122 valence electrons. The lowest BCUT2D eigenvalue weighted by Gasteiger charge is -2.25. The number of phenolic OH excluding ortho intramolecular Hbond substituents is 1. The van der Waals surface area contributed by atoms with Crippen molar-refractivity contribution in [3.63, 3.8) is 0 Å². The Balaban J connectivity index is 2.13. The number of aromatic hydroxyl groups is 1. The summed E-state index contributed by atoms with van der Waals surface area (Å²) >= 11 is 0. The highest BCUT2D eigenvalue weighted by Crippen LogP contribution is 2.20. The Morgan fingerprint density at radius 3 is 2.65 bits per heavy atom. The van der Waals surface area contributed by atoms with Gasteiger partial charge in [-0.3, -0.25) is 4.79 Å². The summed E-state index contributed by atoms with van der Waals surface area (Å²) in [7, 11) is 3.73. The molecule has 0 aliphatic heterocycles. The largest absolute Gasteiger partial charge is 0.507 e. The highest BCUT2D eigenvalue weighted by atomic mass is 19.1. The van der Waals surface area contributed by atoms with E-state index in [1.54, 1.807) is 18.2 Å². The number of phenols is 1. The van der Waals surface area contributed by atoms with Crippen LogP contribution in [0.2, 0.25) is 0 Å². The summed E-state index contributed by atoms with van der Waals surface area (Å²) in [6.45, 7) is 2.16. The van der Waals surface area contributed by atoms with Gasteiger partial charge in [0.15, 0.2) is 0 Å². The first kappa shape index (κ1) is 17.0. The summed E-state index contributed by atoms with van der Waals surface area (Å²) in [4.78, 5) is 14.2. The van der Waals surface area contributed by atoms with E-state index in [0.29, 0.717) is 6.54 Å². The monoisotopic (exact) mass is 316 g/mol. The van der Waals surface area contributed by atoms with Gasteiger partial charge in [-0.25, -0.2) is 4.39 Å². The number of aryl methyl sites for hydroxylation is 1. The van der Waals surface area contributed by atoms with Gasteiger partial charge in [0.2, 0.25) is 0 Å². The highest BCUT2D eigenvalue weighted by molar-refractivity contribution is 5.97. The number of nitrogens with one attached hydrogen (secondary N) is 1. The number of amides is 1. The second kappa shape index (κ2) is 7.24. The summed E-state index contributed by atoms with van der Waals surface area (Å²) in [6, 6.07) is 11.0. The maximum atomic E-state index is 13.4. The minimum absolute atomic E-state index is 0.0553. The summed E-state index contributed by atoms with van der Waals surface area (Å²) < 4.78 is 13.4. The fraction of sp³-hybridized carbons (Fsp3) is 0.278. The van der Waals surface area contributed by atoms with Crippen molar-refractivity contribution in [2.45, 2.75) is 13.0 Å². The molecule has 0 heterocycles. The molecule has 0 radical (unpaired) electrons. The number of rotatable bonds is 5. The Morgan fingerprint density at radius 1 is 1.26 bits per heavy atom. The van der Waals surface area contributed by atoms with Crippen LogP contribution in [0.5, 0.6) is 5.75 Å². The minimum atomic E-state index is -0.352. The summed E-state index contributed by atoms with van der Waals surface area (Å²) in [5.41, 5.74) is 1.91. The first-order valence-electron chi connectivity index (χ1n) is 7.38. The van der Waals surface area contributed by atoms with E-state index >= 15 is 0 Å². The number of carbonyl (C=O) groups is 1. The number of likely N-dealkylation sites (N-methyl/N-ethyl adjacent to an activating group) is 1. The summed E-state index contributed by atoms with van der Waals surface area (Å²) in [6.07, 6.45) is 0. The van der Waals surface area contributed by atoms with Crippen LogP contribution in [-0.2, 0) is 0 Å². The van der Waals surface area contributed by atoms with Crippen LogP contribution >= 0.6 is 0 Å². The lowest BCUT2D eigenvalue weighted by molar-refractivity contribution is 0.0939. The first-order valence-corrected chi connectivity index (χ1v) is 7.38. The third-order valence-electron chi connectivity index (χ3n) is 3.71. The van der Waals surface area contributed by atoms with E-state index in [1.165, 1.54) is 18.2 Å². The van der Waals surface area contributed by atoms with Crippen molar-refractivity contribution in [2.75, 3.05) is 20.6 Å². The second-order valence-corrected chi connectivity index (χ2v) is 5.77. The Kier molecular flexibility index (Phi) is 5.34. The van der Waals surface area contributed by atoms with Gasteiger partial charge in [0.1, 0.15) is 11.6 Å². The molecule has 0 unspecified atom stereocenters. The molecule has 0 saturated carbocycles. The average molecular weight is 316 g/mol. The molecule has 23 heavy (non-hydrogen) atoms. The van der Waals surface area contributed by atoms with Crippen LogP contribution in [0.4, 0.5) is 4.39 Å². The predicted molar refractivity (Wildman–Crippen MR) is 88.0 cm³/mol. The van der Waals surface area contributed by atoms with Gasteiger partial charge >= 0.3 is 0 Å². The Morgan fingerprint density at radius 2 is 2.00 bits per heavy atom. The van der Waals surface area contributed by atoms with Gasteiger partial charge in [-0.1, -0.05) is 23.8 Å². The number of hydrogen-bond donors (Lipinski definition) is 2. The normalized spacial score (nSPS) is 12.2. The lowest BCUT2D eigenvalue weighted by Crippen LogP contribution is -2.34. The van der Waals surface area contributed by atoms with Crippen LogP contribution in [0, 0.1) is 12.7 Å². The van der Waals surface area contributed by atoms with Crippen molar-refractivity contribution in [2.24, 2.45) is 0 Å².